The van der Waals surface area contributed by atoms with Gasteiger partial charge in [-0.05, 0) is 38.1 Å². The number of nitrogens with one attached hydrogen (secondary N) is 1. The summed E-state index contributed by atoms with van der Waals surface area (Å²) in [5.74, 6) is 1.27. The van der Waals surface area contributed by atoms with Crippen LogP contribution in [0.15, 0.2) is 36.4 Å². The maximum atomic E-state index is 6.14. The Morgan fingerprint density at radius 2 is 1.90 bits per heavy atom. The van der Waals surface area contributed by atoms with E-state index in [9.17, 15) is 0 Å². The molecule has 0 saturated carbocycles. The summed E-state index contributed by atoms with van der Waals surface area (Å²) in [5, 5.41) is 3.81. The molecule has 0 spiro atoms. The summed E-state index contributed by atoms with van der Waals surface area (Å²) in [5.41, 5.74) is 8.32. The molecule has 0 atom stereocenters. The molecule has 21 heavy (non-hydrogen) atoms. The molecule has 2 aromatic carbocycles. The van der Waals surface area contributed by atoms with E-state index in [0.717, 1.165) is 11.4 Å². The first-order valence-electron chi connectivity index (χ1n) is 6.67. The van der Waals surface area contributed by atoms with Crippen molar-refractivity contribution >= 4 is 28.7 Å². The number of ether oxygens (including phenoxy) is 2. The molecule has 0 aromatic heterocycles. The van der Waals surface area contributed by atoms with Gasteiger partial charge in [-0.1, -0.05) is 17.7 Å². The second kappa shape index (κ2) is 6.59. The van der Waals surface area contributed by atoms with Crippen molar-refractivity contribution in [2.24, 2.45) is 0 Å². The minimum absolute atomic E-state index is 0.0678. The van der Waals surface area contributed by atoms with Crippen LogP contribution in [0.2, 0.25) is 5.02 Å². The summed E-state index contributed by atoms with van der Waals surface area (Å²) in [6.07, 6.45) is 0.0678. The molecule has 0 aliphatic heterocycles. The fourth-order valence-corrected chi connectivity index (χ4v) is 2.10. The van der Waals surface area contributed by atoms with Gasteiger partial charge in [-0.3, -0.25) is 0 Å². The van der Waals surface area contributed by atoms with Gasteiger partial charge in [0.05, 0.1) is 29.6 Å². The number of hydrogen-bond acceptors (Lipinski definition) is 4. The van der Waals surface area contributed by atoms with Crippen molar-refractivity contribution < 1.29 is 9.47 Å². The maximum absolute atomic E-state index is 6.14. The zero-order valence-electron chi connectivity index (χ0n) is 12.3. The van der Waals surface area contributed by atoms with Crippen LogP contribution < -0.4 is 20.5 Å². The highest BCUT2D eigenvalue weighted by molar-refractivity contribution is 6.32. The van der Waals surface area contributed by atoms with E-state index in [-0.39, 0.29) is 6.10 Å². The predicted molar refractivity (Wildman–Crippen MR) is 87.9 cm³/mol. The van der Waals surface area contributed by atoms with Gasteiger partial charge in [-0.2, -0.15) is 0 Å². The topological polar surface area (TPSA) is 56.5 Å². The number of rotatable bonds is 5. The van der Waals surface area contributed by atoms with Crippen LogP contribution in [-0.2, 0) is 0 Å². The molecule has 0 radical (unpaired) electrons. The van der Waals surface area contributed by atoms with Gasteiger partial charge >= 0.3 is 0 Å². The molecular formula is C16H19ClN2O2. The summed E-state index contributed by atoms with van der Waals surface area (Å²) in [7, 11) is 1.58. The van der Waals surface area contributed by atoms with E-state index in [1.807, 2.05) is 44.2 Å². The molecule has 4 nitrogen and oxygen atoms in total. The third kappa shape index (κ3) is 3.73. The number of nitrogens with two attached hydrogens (primary N) is 1. The molecule has 0 unspecified atom stereocenters. The second-order valence-electron chi connectivity index (χ2n) is 4.86. The van der Waals surface area contributed by atoms with Gasteiger partial charge in [-0.15, -0.1) is 0 Å². The van der Waals surface area contributed by atoms with Crippen LogP contribution in [0.1, 0.15) is 13.8 Å². The van der Waals surface area contributed by atoms with Gasteiger partial charge in [0, 0.05) is 11.8 Å². The average molecular weight is 307 g/mol. The lowest BCUT2D eigenvalue weighted by molar-refractivity contribution is 0.244. The van der Waals surface area contributed by atoms with Gasteiger partial charge in [0.25, 0.3) is 0 Å². The molecule has 0 amide bonds. The van der Waals surface area contributed by atoms with Gasteiger partial charge in [0.2, 0.25) is 0 Å². The van der Waals surface area contributed by atoms with Crippen LogP contribution in [0.25, 0.3) is 0 Å². The minimum atomic E-state index is 0.0678. The minimum Gasteiger partial charge on any atom is -0.495 e. The Labute approximate surface area is 129 Å². The molecule has 2 rings (SSSR count). The number of methoxy groups -OCH3 is 1. The van der Waals surface area contributed by atoms with Crippen LogP contribution in [0.3, 0.4) is 0 Å². The third-order valence-electron chi connectivity index (χ3n) is 2.86. The van der Waals surface area contributed by atoms with E-state index in [4.69, 9.17) is 26.8 Å². The van der Waals surface area contributed by atoms with Crippen LogP contribution in [-0.4, -0.2) is 13.2 Å². The highest BCUT2D eigenvalue weighted by Gasteiger charge is 2.09. The van der Waals surface area contributed by atoms with Gasteiger partial charge in [0.15, 0.2) is 0 Å². The first-order chi connectivity index (χ1) is 10.0. The number of halogens is 1. The van der Waals surface area contributed by atoms with Gasteiger partial charge in [0.1, 0.15) is 11.5 Å². The zero-order valence-corrected chi connectivity index (χ0v) is 13.1. The summed E-state index contributed by atoms with van der Waals surface area (Å²) < 4.78 is 10.9. The normalized spacial score (nSPS) is 10.5. The SMILES string of the molecule is COc1cc(Nc2cccc(OC(C)C)c2N)ccc1Cl. The van der Waals surface area contributed by atoms with Crippen molar-refractivity contribution in [3.8, 4) is 11.5 Å². The third-order valence-corrected chi connectivity index (χ3v) is 3.17. The first-order valence-corrected chi connectivity index (χ1v) is 7.04. The van der Waals surface area contributed by atoms with Crippen molar-refractivity contribution in [1.82, 2.24) is 0 Å². The molecule has 2 aromatic rings. The summed E-state index contributed by atoms with van der Waals surface area (Å²) in [4.78, 5) is 0. The Morgan fingerprint density at radius 3 is 2.57 bits per heavy atom. The average Bonchev–Trinajstić information content (AvgIpc) is 2.44. The molecule has 0 saturated heterocycles. The van der Waals surface area contributed by atoms with Crippen LogP contribution in [0.5, 0.6) is 11.5 Å². The van der Waals surface area contributed by atoms with E-state index < -0.39 is 0 Å². The Kier molecular flexibility index (Phi) is 4.81. The van der Waals surface area contributed by atoms with Crippen molar-refractivity contribution in [3.05, 3.63) is 41.4 Å². The fourth-order valence-electron chi connectivity index (χ4n) is 1.90. The van der Waals surface area contributed by atoms with Crippen LogP contribution in [0, 0.1) is 0 Å². The lowest BCUT2D eigenvalue weighted by atomic mass is 10.2. The monoisotopic (exact) mass is 306 g/mol. The fraction of sp³-hybridized carbons (Fsp3) is 0.250. The number of hydrogen-bond donors (Lipinski definition) is 2. The van der Waals surface area contributed by atoms with E-state index in [1.54, 1.807) is 13.2 Å². The summed E-state index contributed by atoms with van der Waals surface area (Å²) in [6, 6.07) is 11.1. The molecular weight excluding hydrogens is 288 g/mol. The number of benzene rings is 2. The molecule has 0 aliphatic rings. The van der Waals surface area contributed by atoms with E-state index >= 15 is 0 Å². The zero-order chi connectivity index (χ0) is 15.4. The number of anilines is 3. The summed E-state index contributed by atoms with van der Waals surface area (Å²) >= 11 is 6.02. The highest BCUT2D eigenvalue weighted by Crippen LogP contribution is 2.34. The first kappa shape index (κ1) is 15.3. The molecule has 0 fully saturated rings. The lowest BCUT2D eigenvalue weighted by Gasteiger charge is -2.16. The van der Waals surface area contributed by atoms with Crippen molar-refractivity contribution in [2.75, 3.05) is 18.2 Å². The molecule has 0 heterocycles. The predicted octanol–water partition coefficient (Wildman–Crippen LogP) is 4.46. The van der Waals surface area contributed by atoms with Crippen LogP contribution in [0.4, 0.5) is 17.1 Å². The van der Waals surface area contributed by atoms with Gasteiger partial charge < -0.3 is 20.5 Å². The maximum Gasteiger partial charge on any atom is 0.144 e. The lowest BCUT2D eigenvalue weighted by Crippen LogP contribution is -2.08. The summed E-state index contributed by atoms with van der Waals surface area (Å²) in [6.45, 7) is 3.92. The van der Waals surface area contributed by atoms with E-state index in [1.165, 1.54) is 0 Å². The Hall–Kier alpha value is -2.07. The largest absolute Gasteiger partial charge is 0.495 e. The van der Waals surface area contributed by atoms with Crippen molar-refractivity contribution in [1.29, 1.82) is 0 Å². The molecule has 3 N–H and O–H groups in total. The van der Waals surface area contributed by atoms with Crippen molar-refractivity contribution in [2.45, 2.75) is 20.0 Å². The Balaban J connectivity index is 2.27. The van der Waals surface area contributed by atoms with Crippen LogP contribution >= 0.6 is 11.6 Å². The van der Waals surface area contributed by atoms with Crippen molar-refractivity contribution in [3.63, 3.8) is 0 Å². The molecule has 0 aliphatic carbocycles. The highest BCUT2D eigenvalue weighted by atomic mass is 35.5. The molecule has 0 bridgehead atoms. The number of nitrogen functional groups attached to an aromatic ring is 1. The Morgan fingerprint density at radius 1 is 1.14 bits per heavy atom. The molecule has 112 valence electrons. The quantitative estimate of drug-likeness (QED) is 0.801. The smallest absolute Gasteiger partial charge is 0.144 e. The Bertz CT molecular complexity index is 630. The van der Waals surface area contributed by atoms with E-state index in [2.05, 4.69) is 5.32 Å². The van der Waals surface area contributed by atoms with E-state index in [0.29, 0.717) is 22.2 Å². The van der Waals surface area contributed by atoms with Gasteiger partial charge in [-0.25, -0.2) is 0 Å². The standard InChI is InChI=1S/C16H19ClN2O2/c1-10(2)21-14-6-4-5-13(16(14)18)19-11-7-8-12(17)15(9-11)20-3/h4-10,19H,18H2,1-3H3. The second-order valence-corrected chi connectivity index (χ2v) is 5.27. The number of para-hydroxylation sites is 1. The molecule has 5 heteroatoms.